The molecule has 1 unspecified atom stereocenters. The summed E-state index contributed by atoms with van der Waals surface area (Å²) in [5.41, 5.74) is 3.33. The zero-order valence-electron chi connectivity index (χ0n) is 17.9. The van der Waals surface area contributed by atoms with Gasteiger partial charge in [0.25, 0.3) is 0 Å². The van der Waals surface area contributed by atoms with Crippen LogP contribution in [0.25, 0.3) is 17.1 Å². The monoisotopic (exact) mass is 408 g/mol. The molecule has 1 amide bonds. The summed E-state index contributed by atoms with van der Waals surface area (Å²) in [7, 11) is 3.53. The Morgan fingerprint density at radius 1 is 1.00 bits per heavy atom. The van der Waals surface area contributed by atoms with E-state index in [9.17, 15) is 4.79 Å². The third-order valence-electron chi connectivity index (χ3n) is 4.73. The summed E-state index contributed by atoms with van der Waals surface area (Å²) in [5, 5.41) is 9.35. The van der Waals surface area contributed by atoms with Crippen LogP contribution in [0.5, 0.6) is 0 Å². The van der Waals surface area contributed by atoms with Gasteiger partial charge in [-0.15, -0.1) is 10.2 Å². The van der Waals surface area contributed by atoms with Crippen LogP contribution in [0.15, 0.2) is 59.8 Å². The summed E-state index contributed by atoms with van der Waals surface area (Å²) < 4.78 is 2.02. The Balaban J connectivity index is 2.04. The van der Waals surface area contributed by atoms with Crippen LogP contribution in [0, 0.1) is 0 Å². The van der Waals surface area contributed by atoms with Gasteiger partial charge in [-0.1, -0.05) is 75.0 Å². The number of hydrogen-bond acceptors (Lipinski definition) is 4. The lowest BCUT2D eigenvalue weighted by atomic mass is 9.87. The van der Waals surface area contributed by atoms with Gasteiger partial charge in [0, 0.05) is 25.3 Å². The van der Waals surface area contributed by atoms with E-state index >= 15 is 0 Å². The van der Waals surface area contributed by atoms with E-state index in [-0.39, 0.29) is 16.6 Å². The lowest BCUT2D eigenvalue weighted by Gasteiger charge is -2.19. The predicted molar refractivity (Wildman–Crippen MR) is 120 cm³/mol. The van der Waals surface area contributed by atoms with Gasteiger partial charge in [-0.3, -0.25) is 9.36 Å². The van der Waals surface area contributed by atoms with Gasteiger partial charge in [-0.05, 0) is 30.0 Å². The number of benzene rings is 2. The van der Waals surface area contributed by atoms with Crippen molar-refractivity contribution in [3.8, 4) is 17.1 Å². The van der Waals surface area contributed by atoms with Crippen molar-refractivity contribution in [3.05, 3.63) is 60.2 Å². The number of carbonyl (C=O) groups excluding carboxylic acids is 1. The summed E-state index contributed by atoms with van der Waals surface area (Å²) in [5.74, 6) is 0.817. The van der Waals surface area contributed by atoms with Crippen molar-refractivity contribution in [1.82, 2.24) is 19.7 Å². The number of carbonyl (C=O) groups is 1. The molecule has 0 N–H and O–H groups in total. The lowest BCUT2D eigenvalue weighted by Crippen LogP contribution is -2.29. The maximum atomic E-state index is 12.4. The lowest BCUT2D eigenvalue weighted by molar-refractivity contribution is -0.127. The Morgan fingerprint density at radius 2 is 1.62 bits per heavy atom. The van der Waals surface area contributed by atoms with Crippen LogP contribution < -0.4 is 0 Å². The van der Waals surface area contributed by atoms with E-state index in [2.05, 4.69) is 55.2 Å². The molecule has 0 bridgehead atoms. The van der Waals surface area contributed by atoms with Crippen LogP contribution in [0.1, 0.15) is 33.3 Å². The van der Waals surface area contributed by atoms with Crippen LogP contribution in [0.4, 0.5) is 0 Å². The van der Waals surface area contributed by atoms with Gasteiger partial charge in [-0.25, -0.2) is 0 Å². The normalized spacial score (nSPS) is 12.6. The second kappa shape index (κ2) is 8.41. The first-order valence-electron chi connectivity index (χ1n) is 9.68. The third-order valence-corrected chi connectivity index (χ3v) is 5.76. The zero-order valence-corrected chi connectivity index (χ0v) is 18.7. The molecular formula is C23H28N4OS. The first-order valence-corrected chi connectivity index (χ1v) is 10.6. The average Bonchev–Trinajstić information content (AvgIpc) is 3.10. The van der Waals surface area contributed by atoms with E-state index in [1.807, 2.05) is 41.8 Å². The molecule has 152 valence electrons. The van der Waals surface area contributed by atoms with Crippen molar-refractivity contribution in [2.75, 3.05) is 14.1 Å². The van der Waals surface area contributed by atoms with Crippen LogP contribution in [-0.2, 0) is 10.2 Å². The summed E-state index contributed by atoms with van der Waals surface area (Å²) >= 11 is 1.42. The highest BCUT2D eigenvalue weighted by atomic mass is 32.2. The highest BCUT2D eigenvalue weighted by Crippen LogP contribution is 2.31. The molecule has 0 spiro atoms. The Morgan fingerprint density at radius 3 is 2.17 bits per heavy atom. The molecule has 6 heteroatoms. The minimum absolute atomic E-state index is 0.0497. The van der Waals surface area contributed by atoms with Gasteiger partial charge in [0.15, 0.2) is 11.0 Å². The number of nitrogens with zero attached hydrogens (tertiary/aromatic N) is 4. The quantitative estimate of drug-likeness (QED) is 0.569. The molecular weight excluding hydrogens is 380 g/mol. The highest BCUT2D eigenvalue weighted by Gasteiger charge is 2.23. The van der Waals surface area contributed by atoms with Crippen molar-refractivity contribution >= 4 is 17.7 Å². The largest absolute Gasteiger partial charge is 0.348 e. The van der Waals surface area contributed by atoms with E-state index in [0.29, 0.717) is 5.16 Å². The SMILES string of the molecule is CC(Sc1nnc(-c2ccc(C(C)(C)C)cc2)n1-c1ccccc1)C(=O)N(C)C. The fourth-order valence-electron chi connectivity index (χ4n) is 3.03. The van der Waals surface area contributed by atoms with Crippen LogP contribution >= 0.6 is 11.8 Å². The van der Waals surface area contributed by atoms with E-state index in [1.54, 1.807) is 19.0 Å². The van der Waals surface area contributed by atoms with Gasteiger partial charge in [0.1, 0.15) is 0 Å². The van der Waals surface area contributed by atoms with Gasteiger partial charge in [-0.2, -0.15) is 0 Å². The van der Waals surface area contributed by atoms with Gasteiger partial charge < -0.3 is 4.90 Å². The van der Waals surface area contributed by atoms with Crippen molar-refractivity contribution in [2.45, 2.75) is 43.5 Å². The molecule has 0 aliphatic carbocycles. The molecule has 3 aromatic rings. The van der Waals surface area contributed by atoms with Crippen molar-refractivity contribution < 1.29 is 4.79 Å². The van der Waals surface area contributed by atoms with Crippen molar-refractivity contribution in [1.29, 1.82) is 0 Å². The molecule has 1 aromatic heterocycles. The van der Waals surface area contributed by atoms with E-state index in [1.165, 1.54) is 17.3 Å². The molecule has 1 heterocycles. The van der Waals surface area contributed by atoms with Gasteiger partial charge in [0.05, 0.1) is 5.25 Å². The molecule has 0 radical (unpaired) electrons. The molecule has 0 saturated carbocycles. The van der Waals surface area contributed by atoms with Crippen LogP contribution in [0.2, 0.25) is 0 Å². The minimum atomic E-state index is -0.257. The Labute approximate surface area is 177 Å². The second-order valence-corrected chi connectivity index (χ2v) is 9.61. The molecule has 2 aromatic carbocycles. The smallest absolute Gasteiger partial charge is 0.235 e. The van der Waals surface area contributed by atoms with Crippen LogP contribution in [-0.4, -0.2) is 44.9 Å². The number of hydrogen-bond donors (Lipinski definition) is 0. The Hall–Kier alpha value is -2.60. The standard InChI is InChI=1S/C23H28N4OS/c1-16(21(28)26(5)6)29-22-25-24-20(27(22)19-10-8-7-9-11-19)17-12-14-18(15-13-17)23(2,3)4/h7-16H,1-6H3. The number of para-hydroxylation sites is 1. The zero-order chi connectivity index (χ0) is 21.2. The topological polar surface area (TPSA) is 51.0 Å². The summed E-state index contributed by atoms with van der Waals surface area (Å²) in [6.45, 7) is 8.50. The van der Waals surface area contributed by atoms with Gasteiger partial charge >= 0.3 is 0 Å². The maximum absolute atomic E-state index is 12.4. The first kappa shape index (κ1) is 21.1. The molecule has 0 saturated heterocycles. The molecule has 3 rings (SSSR count). The predicted octanol–water partition coefficient (Wildman–Crippen LogP) is 4.80. The molecule has 29 heavy (non-hydrogen) atoms. The first-order chi connectivity index (χ1) is 13.7. The molecule has 0 aliphatic heterocycles. The second-order valence-electron chi connectivity index (χ2n) is 8.30. The van der Waals surface area contributed by atoms with Crippen molar-refractivity contribution in [2.24, 2.45) is 0 Å². The average molecular weight is 409 g/mol. The fraction of sp³-hybridized carbons (Fsp3) is 0.348. The van der Waals surface area contributed by atoms with E-state index in [0.717, 1.165) is 17.1 Å². The fourth-order valence-corrected chi connectivity index (χ4v) is 4.05. The number of aromatic nitrogens is 3. The number of thioether (sulfide) groups is 1. The van der Waals surface area contributed by atoms with Gasteiger partial charge in [0.2, 0.25) is 5.91 Å². The molecule has 5 nitrogen and oxygen atoms in total. The Bertz CT molecular complexity index is 972. The van der Waals surface area contributed by atoms with E-state index < -0.39 is 0 Å². The number of rotatable bonds is 5. The third kappa shape index (κ3) is 4.70. The summed E-state index contributed by atoms with van der Waals surface area (Å²) in [6, 6.07) is 18.5. The number of amides is 1. The van der Waals surface area contributed by atoms with E-state index in [4.69, 9.17) is 0 Å². The Kier molecular flexibility index (Phi) is 6.13. The highest BCUT2D eigenvalue weighted by molar-refractivity contribution is 8.00. The summed E-state index contributed by atoms with van der Waals surface area (Å²) in [6.07, 6.45) is 0. The summed E-state index contributed by atoms with van der Waals surface area (Å²) in [4.78, 5) is 14.0. The minimum Gasteiger partial charge on any atom is -0.348 e. The molecule has 1 atom stereocenters. The molecule has 0 aliphatic rings. The van der Waals surface area contributed by atoms with Crippen LogP contribution in [0.3, 0.4) is 0 Å². The van der Waals surface area contributed by atoms with Crippen molar-refractivity contribution in [3.63, 3.8) is 0 Å². The maximum Gasteiger partial charge on any atom is 0.235 e. The molecule has 0 fully saturated rings.